The summed E-state index contributed by atoms with van der Waals surface area (Å²) in [6.07, 6.45) is 0. The fourth-order valence-electron chi connectivity index (χ4n) is 1.86. The maximum absolute atomic E-state index is 4.24. The van der Waals surface area contributed by atoms with Gasteiger partial charge in [-0.2, -0.15) is 5.10 Å². The van der Waals surface area contributed by atoms with E-state index < -0.39 is 0 Å². The molecule has 0 aliphatic carbocycles. The molecule has 0 unspecified atom stereocenters. The molecule has 74 valence electrons. The Bertz CT molecular complexity index is 461. The first-order chi connectivity index (χ1) is 6.50. The van der Waals surface area contributed by atoms with E-state index in [0.717, 1.165) is 11.2 Å². The molecule has 2 heteroatoms. The van der Waals surface area contributed by atoms with Crippen LogP contribution in [0.5, 0.6) is 0 Å². The van der Waals surface area contributed by atoms with Crippen LogP contribution in [0.3, 0.4) is 0 Å². The Hall–Kier alpha value is -1.31. The quantitative estimate of drug-likeness (QED) is 0.676. The molecule has 1 aromatic carbocycles. The first-order valence-corrected chi connectivity index (χ1v) is 4.94. The van der Waals surface area contributed by atoms with E-state index >= 15 is 0 Å². The summed E-state index contributed by atoms with van der Waals surface area (Å²) in [6.45, 7) is 8.74. The van der Waals surface area contributed by atoms with Gasteiger partial charge in [0.2, 0.25) is 0 Å². The van der Waals surface area contributed by atoms with Gasteiger partial charge in [-0.15, -0.1) is 0 Å². The Morgan fingerprint density at radius 1 is 1.21 bits per heavy atom. The zero-order chi connectivity index (χ0) is 10.3. The van der Waals surface area contributed by atoms with E-state index in [1.807, 2.05) is 6.92 Å². The van der Waals surface area contributed by atoms with Gasteiger partial charge < -0.3 is 0 Å². The van der Waals surface area contributed by atoms with Gasteiger partial charge in [0.1, 0.15) is 0 Å². The summed E-state index contributed by atoms with van der Waals surface area (Å²) in [7, 11) is 0. The minimum atomic E-state index is 0.175. The van der Waals surface area contributed by atoms with E-state index in [0.29, 0.717) is 0 Å². The lowest BCUT2D eigenvalue weighted by atomic mass is 9.84. The van der Waals surface area contributed by atoms with Crippen LogP contribution >= 0.6 is 0 Å². The van der Waals surface area contributed by atoms with Gasteiger partial charge in [-0.05, 0) is 24.0 Å². The van der Waals surface area contributed by atoms with Crippen molar-refractivity contribution >= 4 is 10.9 Å². The van der Waals surface area contributed by atoms with Crippen molar-refractivity contribution in [2.45, 2.75) is 33.1 Å². The van der Waals surface area contributed by atoms with Gasteiger partial charge >= 0.3 is 0 Å². The second kappa shape index (κ2) is 2.84. The number of fused-ring (bicyclic) bond motifs is 1. The highest BCUT2D eigenvalue weighted by molar-refractivity contribution is 5.85. The SMILES string of the molecule is Cc1n[nH]c2cccc(C(C)(C)C)c12. The van der Waals surface area contributed by atoms with Gasteiger partial charge in [0.15, 0.2) is 0 Å². The molecule has 0 aliphatic rings. The van der Waals surface area contributed by atoms with Crippen LogP contribution in [0.2, 0.25) is 0 Å². The number of rotatable bonds is 0. The lowest BCUT2D eigenvalue weighted by Gasteiger charge is -2.20. The second-order valence-electron chi connectivity index (χ2n) is 4.79. The van der Waals surface area contributed by atoms with E-state index in [1.54, 1.807) is 0 Å². The molecule has 1 aromatic heterocycles. The Labute approximate surface area is 84.3 Å². The summed E-state index contributed by atoms with van der Waals surface area (Å²) >= 11 is 0. The molecule has 2 rings (SSSR count). The summed E-state index contributed by atoms with van der Waals surface area (Å²) in [6, 6.07) is 6.34. The van der Waals surface area contributed by atoms with Crippen molar-refractivity contribution in [3.63, 3.8) is 0 Å². The third-order valence-corrected chi connectivity index (χ3v) is 2.58. The maximum atomic E-state index is 4.24. The molecule has 0 spiro atoms. The highest BCUT2D eigenvalue weighted by Gasteiger charge is 2.18. The first kappa shape index (κ1) is 9.25. The van der Waals surface area contributed by atoms with Gasteiger partial charge in [-0.1, -0.05) is 32.9 Å². The molecule has 0 radical (unpaired) electrons. The Morgan fingerprint density at radius 2 is 1.93 bits per heavy atom. The van der Waals surface area contributed by atoms with E-state index in [4.69, 9.17) is 0 Å². The number of benzene rings is 1. The number of aromatic nitrogens is 2. The molecule has 2 nitrogen and oxygen atoms in total. The van der Waals surface area contributed by atoms with Crippen molar-refractivity contribution in [1.82, 2.24) is 10.2 Å². The van der Waals surface area contributed by atoms with E-state index in [-0.39, 0.29) is 5.41 Å². The lowest BCUT2D eigenvalue weighted by Crippen LogP contribution is -2.11. The molecule has 0 atom stereocenters. The smallest absolute Gasteiger partial charge is 0.0672 e. The third-order valence-electron chi connectivity index (χ3n) is 2.58. The van der Waals surface area contributed by atoms with E-state index in [1.165, 1.54) is 10.9 Å². The fourth-order valence-corrected chi connectivity index (χ4v) is 1.86. The van der Waals surface area contributed by atoms with Crippen molar-refractivity contribution in [2.24, 2.45) is 0 Å². The molecule has 0 fully saturated rings. The molecule has 0 bridgehead atoms. The Balaban J connectivity index is 2.82. The zero-order valence-electron chi connectivity index (χ0n) is 9.18. The molecule has 1 N–H and O–H groups in total. The molecule has 0 amide bonds. The highest BCUT2D eigenvalue weighted by Crippen LogP contribution is 2.30. The molecular weight excluding hydrogens is 172 g/mol. The number of aryl methyl sites for hydroxylation is 1. The highest BCUT2D eigenvalue weighted by atomic mass is 15.1. The second-order valence-corrected chi connectivity index (χ2v) is 4.79. The molecule has 0 saturated heterocycles. The first-order valence-electron chi connectivity index (χ1n) is 4.94. The number of nitrogens with one attached hydrogen (secondary N) is 1. The predicted molar refractivity (Wildman–Crippen MR) is 59.5 cm³/mol. The van der Waals surface area contributed by atoms with Crippen LogP contribution in [-0.2, 0) is 5.41 Å². The summed E-state index contributed by atoms with van der Waals surface area (Å²) in [5.41, 5.74) is 3.76. The third kappa shape index (κ3) is 1.31. The van der Waals surface area contributed by atoms with Gasteiger partial charge in [-0.3, -0.25) is 5.10 Å². The monoisotopic (exact) mass is 188 g/mol. The van der Waals surface area contributed by atoms with Crippen molar-refractivity contribution in [2.75, 3.05) is 0 Å². The number of hydrogen-bond acceptors (Lipinski definition) is 1. The molecule has 14 heavy (non-hydrogen) atoms. The largest absolute Gasteiger partial charge is 0.278 e. The number of aromatic amines is 1. The average Bonchev–Trinajstić information content (AvgIpc) is 2.46. The van der Waals surface area contributed by atoms with Crippen molar-refractivity contribution in [3.05, 3.63) is 29.5 Å². The van der Waals surface area contributed by atoms with Crippen LogP contribution in [0, 0.1) is 6.92 Å². The minimum Gasteiger partial charge on any atom is -0.278 e. The van der Waals surface area contributed by atoms with Crippen LogP contribution in [0.15, 0.2) is 18.2 Å². The lowest BCUT2D eigenvalue weighted by molar-refractivity contribution is 0.595. The van der Waals surface area contributed by atoms with Crippen LogP contribution < -0.4 is 0 Å². The summed E-state index contributed by atoms with van der Waals surface area (Å²) in [4.78, 5) is 0. The van der Waals surface area contributed by atoms with Crippen LogP contribution in [-0.4, -0.2) is 10.2 Å². The molecule has 2 aromatic rings. The molecular formula is C12H16N2. The summed E-state index contributed by atoms with van der Waals surface area (Å²) < 4.78 is 0. The van der Waals surface area contributed by atoms with Crippen molar-refractivity contribution < 1.29 is 0 Å². The van der Waals surface area contributed by atoms with Crippen LogP contribution in [0.4, 0.5) is 0 Å². The van der Waals surface area contributed by atoms with Gasteiger partial charge in [0.05, 0.1) is 11.2 Å². The van der Waals surface area contributed by atoms with E-state index in [2.05, 4.69) is 49.2 Å². The standard InChI is InChI=1S/C12H16N2/c1-8-11-9(12(2,3)4)6-5-7-10(11)14-13-8/h5-7H,1-4H3,(H,13,14). The summed E-state index contributed by atoms with van der Waals surface area (Å²) in [5.74, 6) is 0. The van der Waals surface area contributed by atoms with E-state index in [9.17, 15) is 0 Å². The van der Waals surface area contributed by atoms with Gasteiger partial charge in [0, 0.05) is 5.39 Å². The maximum Gasteiger partial charge on any atom is 0.0672 e. The molecule has 0 saturated carbocycles. The number of hydrogen-bond donors (Lipinski definition) is 1. The molecule has 0 aliphatic heterocycles. The van der Waals surface area contributed by atoms with Crippen molar-refractivity contribution in [1.29, 1.82) is 0 Å². The van der Waals surface area contributed by atoms with Crippen molar-refractivity contribution in [3.8, 4) is 0 Å². The van der Waals surface area contributed by atoms with Crippen LogP contribution in [0.1, 0.15) is 32.0 Å². The van der Waals surface area contributed by atoms with Gasteiger partial charge in [0.25, 0.3) is 0 Å². The number of nitrogens with zero attached hydrogens (tertiary/aromatic N) is 1. The zero-order valence-corrected chi connectivity index (χ0v) is 9.18. The number of H-pyrrole nitrogens is 1. The average molecular weight is 188 g/mol. The predicted octanol–water partition coefficient (Wildman–Crippen LogP) is 3.17. The normalized spacial score (nSPS) is 12.3. The minimum absolute atomic E-state index is 0.175. The van der Waals surface area contributed by atoms with Gasteiger partial charge in [-0.25, -0.2) is 0 Å². The van der Waals surface area contributed by atoms with Crippen LogP contribution in [0.25, 0.3) is 10.9 Å². The molecule has 1 heterocycles. The fraction of sp³-hybridized carbons (Fsp3) is 0.417. The topological polar surface area (TPSA) is 28.7 Å². The summed E-state index contributed by atoms with van der Waals surface area (Å²) in [5, 5.41) is 8.57. The Kier molecular flexibility index (Phi) is 1.88. The Morgan fingerprint density at radius 3 is 2.57 bits per heavy atom.